The standard InChI is InChI=1S/C12H22N2O/c1-2-12(5-3-4-6-12)11(15)14-8-10(7-13)9-14/h10H,2-9,13H2,1H3. The van der Waals surface area contributed by atoms with E-state index in [1.54, 1.807) is 0 Å². The van der Waals surface area contributed by atoms with Gasteiger partial charge in [0.1, 0.15) is 0 Å². The van der Waals surface area contributed by atoms with Crippen molar-refractivity contribution in [2.24, 2.45) is 17.1 Å². The van der Waals surface area contributed by atoms with Crippen LogP contribution < -0.4 is 5.73 Å². The predicted molar refractivity (Wildman–Crippen MR) is 60.3 cm³/mol. The Morgan fingerprint density at radius 1 is 1.40 bits per heavy atom. The Kier molecular flexibility index (Phi) is 3.01. The Labute approximate surface area is 92.0 Å². The first-order chi connectivity index (χ1) is 7.22. The molecule has 0 spiro atoms. The van der Waals surface area contributed by atoms with Crippen molar-refractivity contribution in [1.29, 1.82) is 0 Å². The van der Waals surface area contributed by atoms with Crippen LogP contribution in [0.1, 0.15) is 39.0 Å². The molecule has 0 aromatic heterocycles. The van der Waals surface area contributed by atoms with Crippen LogP contribution in [0.5, 0.6) is 0 Å². The van der Waals surface area contributed by atoms with Crippen LogP contribution in [-0.4, -0.2) is 30.4 Å². The van der Waals surface area contributed by atoms with Gasteiger partial charge in [-0.15, -0.1) is 0 Å². The van der Waals surface area contributed by atoms with Crippen molar-refractivity contribution >= 4 is 5.91 Å². The summed E-state index contributed by atoms with van der Waals surface area (Å²) < 4.78 is 0. The lowest BCUT2D eigenvalue weighted by molar-refractivity contribution is -0.148. The van der Waals surface area contributed by atoms with Crippen molar-refractivity contribution in [1.82, 2.24) is 4.90 Å². The zero-order valence-electron chi connectivity index (χ0n) is 9.67. The third-order valence-electron chi connectivity index (χ3n) is 4.27. The van der Waals surface area contributed by atoms with E-state index in [2.05, 4.69) is 6.92 Å². The topological polar surface area (TPSA) is 46.3 Å². The summed E-state index contributed by atoms with van der Waals surface area (Å²) in [6, 6.07) is 0. The SMILES string of the molecule is CCC1(C(=O)N2CC(CN)C2)CCCC1. The highest BCUT2D eigenvalue weighted by Gasteiger charge is 2.44. The Morgan fingerprint density at radius 2 is 2.00 bits per heavy atom. The Morgan fingerprint density at radius 3 is 2.47 bits per heavy atom. The lowest BCUT2D eigenvalue weighted by Gasteiger charge is -2.43. The summed E-state index contributed by atoms with van der Waals surface area (Å²) in [5, 5.41) is 0. The molecule has 1 aliphatic carbocycles. The number of likely N-dealkylation sites (tertiary alicyclic amines) is 1. The highest BCUT2D eigenvalue weighted by Crippen LogP contribution is 2.43. The maximum atomic E-state index is 12.3. The first kappa shape index (κ1) is 10.9. The zero-order valence-corrected chi connectivity index (χ0v) is 9.67. The van der Waals surface area contributed by atoms with Crippen molar-refractivity contribution in [2.45, 2.75) is 39.0 Å². The summed E-state index contributed by atoms with van der Waals surface area (Å²) >= 11 is 0. The van der Waals surface area contributed by atoms with Crippen LogP contribution in [0.15, 0.2) is 0 Å². The van der Waals surface area contributed by atoms with Crippen LogP contribution in [0, 0.1) is 11.3 Å². The summed E-state index contributed by atoms with van der Waals surface area (Å²) in [5.74, 6) is 0.969. The van der Waals surface area contributed by atoms with E-state index in [0.717, 1.165) is 38.9 Å². The fraction of sp³-hybridized carbons (Fsp3) is 0.917. The van der Waals surface area contributed by atoms with E-state index in [1.807, 2.05) is 4.90 Å². The molecule has 2 aliphatic rings. The molecule has 2 N–H and O–H groups in total. The van der Waals surface area contributed by atoms with Crippen LogP contribution in [-0.2, 0) is 4.79 Å². The second-order valence-corrected chi connectivity index (χ2v) is 5.15. The van der Waals surface area contributed by atoms with E-state index in [-0.39, 0.29) is 5.41 Å². The third kappa shape index (κ3) is 1.78. The van der Waals surface area contributed by atoms with Gasteiger partial charge in [0.25, 0.3) is 0 Å². The minimum atomic E-state index is -0.000428. The maximum Gasteiger partial charge on any atom is 0.228 e. The van der Waals surface area contributed by atoms with Crippen LogP contribution in [0.2, 0.25) is 0 Å². The molecule has 1 saturated carbocycles. The zero-order chi connectivity index (χ0) is 10.9. The molecule has 86 valence electrons. The number of hydrogen-bond acceptors (Lipinski definition) is 2. The fourth-order valence-electron chi connectivity index (χ4n) is 2.99. The van der Waals surface area contributed by atoms with Crippen LogP contribution in [0.3, 0.4) is 0 Å². The smallest absolute Gasteiger partial charge is 0.228 e. The average molecular weight is 210 g/mol. The molecule has 1 aliphatic heterocycles. The quantitative estimate of drug-likeness (QED) is 0.765. The summed E-state index contributed by atoms with van der Waals surface area (Å²) in [6.07, 6.45) is 5.68. The van der Waals surface area contributed by atoms with Gasteiger partial charge in [-0.2, -0.15) is 0 Å². The molecule has 1 saturated heterocycles. The number of amides is 1. The van der Waals surface area contributed by atoms with Crippen molar-refractivity contribution in [3.63, 3.8) is 0 Å². The Balaban J connectivity index is 1.95. The number of hydrogen-bond donors (Lipinski definition) is 1. The molecule has 0 unspecified atom stereocenters. The number of nitrogens with two attached hydrogens (primary N) is 1. The van der Waals surface area contributed by atoms with Gasteiger partial charge in [-0.3, -0.25) is 4.79 Å². The van der Waals surface area contributed by atoms with Gasteiger partial charge >= 0.3 is 0 Å². The Bertz CT molecular complexity index is 240. The summed E-state index contributed by atoms with van der Waals surface area (Å²) in [5.41, 5.74) is 5.58. The number of rotatable bonds is 3. The summed E-state index contributed by atoms with van der Waals surface area (Å²) in [6.45, 7) is 4.68. The van der Waals surface area contributed by atoms with Gasteiger partial charge in [-0.1, -0.05) is 19.8 Å². The van der Waals surface area contributed by atoms with E-state index in [9.17, 15) is 4.79 Å². The highest BCUT2D eigenvalue weighted by atomic mass is 16.2. The molecule has 3 heteroatoms. The van der Waals surface area contributed by atoms with Crippen LogP contribution in [0.4, 0.5) is 0 Å². The lowest BCUT2D eigenvalue weighted by atomic mass is 9.80. The van der Waals surface area contributed by atoms with E-state index in [0.29, 0.717) is 11.8 Å². The number of carbonyl (C=O) groups is 1. The van der Waals surface area contributed by atoms with Gasteiger partial charge in [0.15, 0.2) is 0 Å². The second-order valence-electron chi connectivity index (χ2n) is 5.15. The second kappa shape index (κ2) is 4.12. The molecule has 0 aromatic rings. The fourth-order valence-corrected chi connectivity index (χ4v) is 2.99. The Hall–Kier alpha value is -0.570. The van der Waals surface area contributed by atoms with E-state index in [1.165, 1.54) is 12.8 Å². The van der Waals surface area contributed by atoms with E-state index < -0.39 is 0 Å². The minimum absolute atomic E-state index is 0.000428. The number of nitrogens with zero attached hydrogens (tertiary/aromatic N) is 1. The van der Waals surface area contributed by atoms with Crippen molar-refractivity contribution in [3.05, 3.63) is 0 Å². The van der Waals surface area contributed by atoms with Crippen molar-refractivity contribution in [3.8, 4) is 0 Å². The van der Waals surface area contributed by atoms with E-state index in [4.69, 9.17) is 5.73 Å². The van der Waals surface area contributed by atoms with E-state index >= 15 is 0 Å². The monoisotopic (exact) mass is 210 g/mol. The minimum Gasteiger partial charge on any atom is -0.341 e. The average Bonchev–Trinajstić information content (AvgIpc) is 2.65. The molecule has 0 atom stereocenters. The molecule has 1 heterocycles. The van der Waals surface area contributed by atoms with Gasteiger partial charge in [0, 0.05) is 24.4 Å². The predicted octanol–water partition coefficient (Wildman–Crippen LogP) is 1.37. The molecule has 2 rings (SSSR count). The molecule has 15 heavy (non-hydrogen) atoms. The first-order valence-electron chi connectivity index (χ1n) is 6.21. The van der Waals surface area contributed by atoms with Crippen molar-refractivity contribution in [2.75, 3.05) is 19.6 Å². The molecular weight excluding hydrogens is 188 g/mol. The van der Waals surface area contributed by atoms with Crippen LogP contribution >= 0.6 is 0 Å². The molecule has 0 radical (unpaired) electrons. The van der Waals surface area contributed by atoms with Gasteiger partial charge in [-0.05, 0) is 25.8 Å². The third-order valence-corrected chi connectivity index (χ3v) is 4.27. The molecule has 2 fully saturated rings. The molecular formula is C12H22N2O. The number of carbonyl (C=O) groups excluding carboxylic acids is 1. The summed E-state index contributed by atoms with van der Waals surface area (Å²) in [7, 11) is 0. The molecule has 3 nitrogen and oxygen atoms in total. The van der Waals surface area contributed by atoms with Crippen molar-refractivity contribution < 1.29 is 4.79 Å². The lowest BCUT2D eigenvalue weighted by Crippen LogP contribution is -2.56. The van der Waals surface area contributed by atoms with Gasteiger partial charge in [0.2, 0.25) is 5.91 Å². The highest BCUT2D eigenvalue weighted by molar-refractivity contribution is 5.83. The van der Waals surface area contributed by atoms with Gasteiger partial charge < -0.3 is 10.6 Å². The van der Waals surface area contributed by atoms with Crippen LogP contribution in [0.25, 0.3) is 0 Å². The largest absolute Gasteiger partial charge is 0.341 e. The molecule has 1 amide bonds. The summed E-state index contributed by atoms with van der Waals surface area (Å²) in [4.78, 5) is 14.3. The van der Waals surface area contributed by atoms with Gasteiger partial charge in [0.05, 0.1) is 0 Å². The maximum absolute atomic E-state index is 12.3. The first-order valence-corrected chi connectivity index (χ1v) is 6.21. The normalized spacial score (nSPS) is 25.3. The molecule has 0 aromatic carbocycles. The molecule has 0 bridgehead atoms. The van der Waals surface area contributed by atoms with Gasteiger partial charge in [-0.25, -0.2) is 0 Å².